The van der Waals surface area contributed by atoms with Crippen molar-refractivity contribution in [2.75, 3.05) is 25.2 Å². The fourth-order valence-electron chi connectivity index (χ4n) is 1.82. The predicted octanol–water partition coefficient (Wildman–Crippen LogP) is 1.75. The highest BCUT2D eigenvalue weighted by Crippen LogP contribution is 2.23. The first-order valence-corrected chi connectivity index (χ1v) is 9.09. The lowest BCUT2D eigenvalue weighted by Gasteiger charge is -2.41. The highest BCUT2D eigenvalue weighted by molar-refractivity contribution is 6.55. The van der Waals surface area contributed by atoms with E-state index in [-0.39, 0.29) is 12.6 Å². The molecule has 2 aromatic carbocycles. The summed E-state index contributed by atoms with van der Waals surface area (Å²) in [6.07, 6.45) is 0. The molecule has 0 spiro atoms. The van der Waals surface area contributed by atoms with Crippen LogP contribution in [0.15, 0.2) is 48.5 Å². The summed E-state index contributed by atoms with van der Waals surface area (Å²) in [5, 5.41) is 0. The summed E-state index contributed by atoms with van der Waals surface area (Å²) in [6.45, 7) is 2.05. The molecule has 0 saturated carbocycles. The minimum Gasteiger partial charge on any atom is -0.622 e. The van der Waals surface area contributed by atoms with Crippen molar-refractivity contribution in [2.24, 2.45) is 5.73 Å². The van der Waals surface area contributed by atoms with Crippen LogP contribution < -0.4 is 26.1 Å². The SMILES string of the molecule is CO[Si-](OCC(C)N)(Oc1ccc(N)cc1)Oc1ccc(N)cc1. The first-order valence-electron chi connectivity index (χ1n) is 7.46. The summed E-state index contributed by atoms with van der Waals surface area (Å²) in [7, 11) is -2.04. The van der Waals surface area contributed by atoms with Gasteiger partial charge in [0, 0.05) is 24.0 Å². The van der Waals surface area contributed by atoms with Crippen molar-refractivity contribution >= 4 is 20.4 Å². The van der Waals surface area contributed by atoms with E-state index in [2.05, 4.69) is 0 Å². The van der Waals surface area contributed by atoms with Gasteiger partial charge < -0.3 is 34.9 Å². The number of nitrogens with two attached hydrogens (primary N) is 3. The number of benzene rings is 2. The monoisotopic (exact) mass is 349 g/mol. The Morgan fingerprint density at radius 3 is 1.62 bits per heavy atom. The van der Waals surface area contributed by atoms with Crippen LogP contribution in [-0.4, -0.2) is 28.8 Å². The Bertz CT molecular complexity index is 587. The number of rotatable bonds is 8. The smallest absolute Gasteiger partial charge is 0.588 e. The van der Waals surface area contributed by atoms with Crippen LogP contribution in [0.2, 0.25) is 0 Å². The lowest BCUT2D eigenvalue weighted by Crippen LogP contribution is -2.55. The zero-order valence-electron chi connectivity index (χ0n) is 13.8. The third kappa shape index (κ3) is 5.13. The van der Waals surface area contributed by atoms with E-state index in [9.17, 15) is 0 Å². The van der Waals surface area contributed by atoms with Gasteiger partial charge >= 0.3 is 9.05 Å². The largest absolute Gasteiger partial charge is 0.622 e. The minimum absolute atomic E-state index is 0.197. The fraction of sp³-hybridized carbons (Fsp3) is 0.250. The second kappa shape index (κ2) is 8.02. The molecule has 1 atom stereocenters. The van der Waals surface area contributed by atoms with Gasteiger partial charge in [-0.05, 0) is 62.6 Å². The van der Waals surface area contributed by atoms with E-state index < -0.39 is 9.05 Å². The number of anilines is 2. The van der Waals surface area contributed by atoms with Gasteiger partial charge in [-0.2, -0.15) is 0 Å². The van der Waals surface area contributed by atoms with Gasteiger partial charge in [0.25, 0.3) is 0 Å². The molecule has 0 aliphatic heterocycles. The summed E-state index contributed by atoms with van der Waals surface area (Å²) >= 11 is 0. The highest BCUT2D eigenvalue weighted by Gasteiger charge is 2.34. The Morgan fingerprint density at radius 2 is 1.29 bits per heavy atom. The molecule has 0 amide bonds. The molecule has 1 unspecified atom stereocenters. The van der Waals surface area contributed by atoms with Crippen molar-refractivity contribution in [3.63, 3.8) is 0 Å². The van der Waals surface area contributed by atoms with Crippen LogP contribution in [0.3, 0.4) is 0 Å². The summed E-state index contributed by atoms with van der Waals surface area (Å²) in [5.41, 5.74) is 18.4. The Morgan fingerprint density at radius 1 is 0.875 bits per heavy atom. The van der Waals surface area contributed by atoms with Gasteiger partial charge in [0.1, 0.15) is 0 Å². The Labute approximate surface area is 142 Å². The topological polar surface area (TPSA) is 115 Å². The maximum atomic E-state index is 5.92. The van der Waals surface area contributed by atoms with Gasteiger partial charge in [-0.1, -0.05) is 0 Å². The molecule has 8 heteroatoms. The van der Waals surface area contributed by atoms with Gasteiger partial charge in [-0.25, -0.2) is 0 Å². The van der Waals surface area contributed by atoms with Crippen LogP contribution in [0.25, 0.3) is 0 Å². The average molecular weight is 349 g/mol. The summed E-state index contributed by atoms with van der Waals surface area (Å²) < 4.78 is 23.1. The zero-order valence-corrected chi connectivity index (χ0v) is 14.8. The van der Waals surface area contributed by atoms with E-state index in [4.69, 9.17) is 34.9 Å². The molecule has 0 heterocycles. The molecule has 0 aliphatic rings. The van der Waals surface area contributed by atoms with Crippen LogP contribution >= 0.6 is 0 Å². The van der Waals surface area contributed by atoms with E-state index in [1.165, 1.54) is 7.11 Å². The van der Waals surface area contributed by atoms with Gasteiger partial charge in [0.2, 0.25) is 0 Å². The molecule has 0 bridgehead atoms. The second-order valence-corrected chi connectivity index (χ2v) is 7.44. The molecule has 0 aromatic heterocycles. The van der Waals surface area contributed by atoms with Gasteiger partial charge in [-0.3, -0.25) is 0 Å². The third-order valence-electron chi connectivity index (χ3n) is 3.02. The molecule has 0 fully saturated rings. The first kappa shape index (κ1) is 18.1. The molecule has 0 saturated heterocycles. The van der Waals surface area contributed by atoms with Gasteiger partial charge in [0.15, 0.2) is 0 Å². The molecular weight excluding hydrogens is 326 g/mol. The number of nitrogen functional groups attached to an aromatic ring is 2. The molecule has 2 rings (SSSR count). The van der Waals surface area contributed by atoms with E-state index in [1.807, 2.05) is 6.92 Å². The summed E-state index contributed by atoms with van der Waals surface area (Å²) in [5.74, 6) is 1.05. The molecule has 7 nitrogen and oxygen atoms in total. The molecular formula is C16H23N3O4Si-. The maximum Gasteiger partial charge on any atom is 0.588 e. The molecule has 2 aromatic rings. The Balaban J connectivity index is 2.24. The summed E-state index contributed by atoms with van der Waals surface area (Å²) in [6, 6.07) is 13.6. The highest BCUT2D eigenvalue weighted by atomic mass is 28.4. The maximum absolute atomic E-state index is 5.92. The molecule has 0 radical (unpaired) electrons. The Kier molecular flexibility index (Phi) is 6.04. The van der Waals surface area contributed by atoms with Crippen molar-refractivity contribution < 1.29 is 17.7 Å². The lowest BCUT2D eigenvalue weighted by atomic mass is 10.3. The Hall–Kier alpha value is -2.26. The van der Waals surface area contributed by atoms with Crippen molar-refractivity contribution in [1.82, 2.24) is 0 Å². The van der Waals surface area contributed by atoms with Crippen LogP contribution in [0.1, 0.15) is 6.92 Å². The molecule has 0 aliphatic carbocycles. The molecule has 6 N–H and O–H groups in total. The van der Waals surface area contributed by atoms with Crippen molar-refractivity contribution in [3.05, 3.63) is 48.5 Å². The van der Waals surface area contributed by atoms with Crippen LogP contribution in [0.5, 0.6) is 11.5 Å². The van der Waals surface area contributed by atoms with E-state index >= 15 is 0 Å². The molecule has 131 valence electrons. The van der Waals surface area contributed by atoms with Crippen molar-refractivity contribution in [2.45, 2.75) is 13.0 Å². The second-order valence-electron chi connectivity index (χ2n) is 5.33. The van der Waals surface area contributed by atoms with Gasteiger partial charge in [0.05, 0.1) is 11.5 Å². The first-order chi connectivity index (χ1) is 11.4. The van der Waals surface area contributed by atoms with Crippen LogP contribution in [0, 0.1) is 0 Å². The third-order valence-corrected chi connectivity index (χ3v) is 5.01. The van der Waals surface area contributed by atoms with Gasteiger partial charge in [-0.15, -0.1) is 0 Å². The molecule has 24 heavy (non-hydrogen) atoms. The van der Waals surface area contributed by atoms with E-state index in [0.717, 1.165) is 0 Å². The number of hydrogen-bond donors (Lipinski definition) is 3. The predicted molar refractivity (Wildman–Crippen MR) is 95.3 cm³/mol. The zero-order chi connectivity index (χ0) is 17.6. The number of hydrogen-bond acceptors (Lipinski definition) is 7. The fourth-order valence-corrected chi connectivity index (χ4v) is 3.58. The average Bonchev–Trinajstić information content (AvgIpc) is 2.57. The van der Waals surface area contributed by atoms with Crippen LogP contribution in [-0.2, 0) is 8.85 Å². The minimum atomic E-state index is -3.51. The lowest BCUT2D eigenvalue weighted by molar-refractivity contribution is 0.0565. The van der Waals surface area contributed by atoms with Crippen molar-refractivity contribution in [1.29, 1.82) is 0 Å². The standard InChI is InChI=1S/C16H23N3O4Si/c1-12(17)11-21-24(20-2,22-15-7-3-13(18)4-8-15)23-16-9-5-14(19)6-10-16/h3-10,12H,11,17-19H2,1-2H3/q-1. The van der Waals surface area contributed by atoms with E-state index in [1.54, 1.807) is 48.5 Å². The quantitative estimate of drug-likeness (QED) is 0.491. The normalized spacial score (nSPS) is 12.6. The summed E-state index contributed by atoms with van der Waals surface area (Å²) in [4.78, 5) is 0. The van der Waals surface area contributed by atoms with Crippen molar-refractivity contribution in [3.8, 4) is 11.5 Å². The van der Waals surface area contributed by atoms with E-state index in [0.29, 0.717) is 22.9 Å². The van der Waals surface area contributed by atoms with Crippen LogP contribution in [0.4, 0.5) is 11.4 Å².